The van der Waals surface area contributed by atoms with E-state index in [0.29, 0.717) is 22.7 Å². The van der Waals surface area contributed by atoms with E-state index in [2.05, 4.69) is 20.4 Å². The third kappa shape index (κ3) is 4.11. The average molecular weight is 367 g/mol. The van der Waals surface area contributed by atoms with E-state index < -0.39 is 12.1 Å². The zero-order valence-electron chi connectivity index (χ0n) is 15.7. The number of fused-ring (bicyclic) bond motifs is 1. The topological polar surface area (TPSA) is 98.5 Å². The Kier molecular flexibility index (Phi) is 5.16. The van der Waals surface area contributed by atoms with E-state index in [1.807, 2.05) is 26.0 Å². The van der Waals surface area contributed by atoms with Gasteiger partial charge in [0.25, 0.3) is 11.7 Å². The van der Waals surface area contributed by atoms with E-state index >= 15 is 0 Å². The van der Waals surface area contributed by atoms with Crippen LogP contribution in [0, 0.1) is 20.8 Å². The molecule has 8 nitrogen and oxygen atoms in total. The first kappa shape index (κ1) is 18.5. The van der Waals surface area contributed by atoms with Crippen LogP contribution >= 0.6 is 0 Å². The minimum atomic E-state index is -0.914. The minimum Gasteiger partial charge on any atom is -0.452 e. The number of hydrogen-bond acceptors (Lipinski definition) is 6. The monoisotopic (exact) mass is 367 g/mol. The van der Waals surface area contributed by atoms with Gasteiger partial charge in [-0.3, -0.25) is 9.59 Å². The highest BCUT2D eigenvalue weighted by Crippen LogP contribution is 2.15. The van der Waals surface area contributed by atoms with E-state index in [4.69, 9.17) is 4.74 Å². The van der Waals surface area contributed by atoms with Crippen molar-refractivity contribution in [3.8, 4) is 0 Å². The number of hydrogen-bond donors (Lipinski definition) is 1. The molecule has 2 heterocycles. The maximum atomic E-state index is 12.3. The molecule has 1 aromatic carbocycles. The molecule has 2 aromatic heterocycles. The van der Waals surface area contributed by atoms with Crippen LogP contribution in [0.25, 0.3) is 5.78 Å². The normalized spacial score (nSPS) is 12.0. The van der Waals surface area contributed by atoms with E-state index in [9.17, 15) is 9.59 Å². The third-order valence-electron chi connectivity index (χ3n) is 4.31. The van der Waals surface area contributed by atoms with Crippen molar-refractivity contribution in [1.82, 2.24) is 19.6 Å². The molecule has 8 heteroatoms. The van der Waals surface area contributed by atoms with Crippen molar-refractivity contribution >= 4 is 23.3 Å². The van der Waals surface area contributed by atoms with Gasteiger partial charge in [0.05, 0.1) is 6.42 Å². The van der Waals surface area contributed by atoms with Crippen LogP contribution in [0.3, 0.4) is 0 Å². The zero-order chi connectivity index (χ0) is 19.6. The molecule has 0 fully saturated rings. The van der Waals surface area contributed by atoms with Crippen LogP contribution in [-0.4, -0.2) is 37.6 Å². The van der Waals surface area contributed by atoms with Gasteiger partial charge in [0.15, 0.2) is 6.10 Å². The van der Waals surface area contributed by atoms with E-state index in [1.165, 1.54) is 6.33 Å². The van der Waals surface area contributed by atoms with Crippen molar-refractivity contribution in [2.75, 3.05) is 5.32 Å². The Hall–Kier alpha value is -3.29. The van der Waals surface area contributed by atoms with Gasteiger partial charge in [0.2, 0.25) is 0 Å². The van der Waals surface area contributed by atoms with E-state index in [1.54, 1.807) is 30.5 Å². The lowest BCUT2D eigenvalue weighted by Crippen LogP contribution is -2.30. The number of benzene rings is 1. The van der Waals surface area contributed by atoms with E-state index in [0.717, 1.165) is 11.3 Å². The lowest BCUT2D eigenvalue weighted by atomic mass is 10.1. The van der Waals surface area contributed by atoms with Crippen LogP contribution < -0.4 is 5.32 Å². The fraction of sp³-hybridized carbons (Fsp3) is 0.316. The molecule has 0 spiro atoms. The molecule has 140 valence electrons. The summed E-state index contributed by atoms with van der Waals surface area (Å²) in [5, 5.41) is 6.83. The Morgan fingerprint density at radius 3 is 2.59 bits per heavy atom. The predicted octanol–water partition coefficient (Wildman–Crippen LogP) is 2.16. The molecule has 0 radical (unpaired) electrons. The van der Waals surface area contributed by atoms with Crippen LogP contribution in [0.5, 0.6) is 0 Å². The maximum absolute atomic E-state index is 12.3. The van der Waals surface area contributed by atoms with Crippen molar-refractivity contribution in [2.45, 2.75) is 40.2 Å². The summed E-state index contributed by atoms with van der Waals surface area (Å²) in [4.78, 5) is 32.9. The average Bonchev–Trinajstić information content (AvgIpc) is 3.09. The lowest BCUT2D eigenvalue weighted by molar-refractivity contribution is -0.152. The highest BCUT2D eigenvalue weighted by molar-refractivity contribution is 5.95. The van der Waals surface area contributed by atoms with Gasteiger partial charge >= 0.3 is 5.97 Å². The number of carbonyl (C=O) groups is 2. The number of aryl methyl sites for hydroxylation is 3. The number of amides is 1. The standard InChI is InChI=1S/C19H21N5O3/c1-11-5-7-15(8-6-11)23-18(26)14(4)27-17(25)9-16-12(2)22-19-20-10-21-24(19)13(16)3/h5-8,10,14H,9H2,1-4H3,(H,23,26)/t14-/m1/s1. The number of esters is 1. The van der Waals surface area contributed by atoms with Gasteiger partial charge in [-0.15, -0.1) is 0 Å². The van der Waals surface area contributed by atoms with Gasteiger partial charge < -0.3 is 10.1 Å². The zero-order valence-corrected chi connectivity index (χ0v) is 15.7. The molecule has 0 saturated carbocycles. The number of rotatable bonds is 5. The Labute approximate surface area is 156 Å². The van der Waals surface area contributed by atoms with Crippen LogP contribution in [0.1, 0.15) is 29.4 Å². The number of carbonyl (C=O) groups excluding carboxylic acids is 2. The van der Waals surface area contributed by atoms with Crippen molar-refractivity contribution in [2.24, 2.45) is 0 Å². The highest BCUT2D eigenvalue weighted by atomic mass is 16.5. The first-order chi connectivity index (χ1) is 12.8. The van der Waals surface area contributed by atoms with Gasteiger partial charge in [-0.1, -0.05) is 17.7 Å². The molecule has 1 amide bonds. The molecule has 3 aromatic rings. The highest BCUT2D eigenvalue weighted by Gasteiger charge is 2.20. The van der Waals surface area contributed by atoms with Crippen LogP contribution in [0.15, 0.2) is 30.6 Å². The molecular weight excluding hydrogens is 346 g/mol. The number of nitrogens with one attached hydrogen (secondary N) is 1. The minimum absolute atomic E-state index is 0.00260. The molecule has 0 aliphatic rings. The smallest absolute Gasteiger partial charge is 0.311 e. The second-order valence-electron chi connectivity index (χ2n) is 6.40. The summed E-state index contributed by atoms with van der Waals surface area (Å²) >= 11 is 0. The van der Waals surface area contributed by atoms with Crippen molar-refractivity contribution in [3.05, 3.63) is 53.1 Å². The summed E-state index contributed by atoms with van der Waals surface area (Å²) in [7, 11) is 0. The molecule has 0 aliphatic heterocycles. The van der Waals surface area contributed by atoms with Gasteiger partial charge in [0.1, 0.15) is 6.33 Å². The van der Waals surface area contributed by atoms with Gasteiger partial charge in [0, 0.05) is 22.6 Å². The van der Waals surface area contributed by atoms with E-state index in [-0.39, 0.29) is 12.3 Å². The first-order valence-electron chi connectivity index (χ1n) is 8.58. The van der Waals surface area contributed by atoms with Crippen LogP contribution in [0.4, 0.5) is 5.69 Å². The molecule has 0 aliphatic carbocycles. The molecule has 0 unspecified atom stereocenters. The third-order valence-corrected chi connectivity index (χ3v) is 4.31. The molecule has 0 bridgehead atoms. The number of nitrogens with zero attached hydrogens (tertiary/aromatic N) is 4. The molecule has 3 rings (SSSR count). The summed E-state index contributed by atoms with van der Waals surface area (Å²) in [6, 6.07) is 7.39. The summed E-state index contributed by atoms with van der Waals surface area (Å²) in [6.07, 6.45) is 0.499. The Balaban J connectivity index is 1.65. The summed E-state index contributed by atoms with van der Waals surface area (Å²) in [5.74, 6) is -0.410. The SMILES string of the molecule is Cc1ccc(NC(=O)[C@@H](C)OC(=O)Cc2c(C)nc3ncnn3c2C)cc1. The number of ether oxygens (including phenoxy) is 1. The molecule has 0 saturated heterocycles. The second-order valence-corrected chi connectivity index (χ2v) is 6.40. The Morgan fingerprint density at radius 1 is 1.19 bits per heavy atom. The predicted molar refractivity (Wildman–Crippen MR) is 99.3 cm³/mol. The van der Waals surface area contributed by atoms with Crippen LogP contribution in [-0.2, 0) is 20.7 Å². The molecule has 27 heavy (non-hydrogen) atoms. The molecule has 1 N–H and O–H groups in total. The lowest BCUT2D eigenvalue weighted by Gasteiger charge is -2.15. The fourth-order valence-corrected chi connectivity index (χ4v) is 2.73. The van der Waals surface area contributed by atoms with Crippen molar-refractivity contribution < 1.29 is 14.3 Å². The number of anilines is 1. The summed E-state index contributed by atoms with van der Waals surface area (Å²) < 4.78 is 6.86. The maximum Gasteiger partial charge on any atom is 0.311 e. The fourth-order valence-electron chi connectivity index (χ4n) is 2.73. The van der Waals surface area contributed by atoms with Crippen molar-refractivity contribution in [1.29, 1.82) is 0 Å². The van der Waals surface area contributed by atoms with Gasteiger partial charge in [-0.25, -0.2) is 9.50 Å². The molecular formula is C19H21N5O3. The molecule has 1 atom stereocenters. The van der Waals surface area contributed by atoms with Gasteiger partial charge in [-0.2, -0.15) is 10.1 Å². The largest absolute Gasteiger partial charge is 0.452 e. The first-order valence-corrected chi connectivity index (χ1v) is 8.58. The number of aromatic nitrogens is 4. The van der Waals surface area contributed by atoms with Crippen molar-refractivity contribution in [3.63, 3.8) is 0 Å². The summed E-state index contributed by atoms with van der Waals surface area (Å²) in [5.41, 5.74) is 3.91. The van der Waals surface area contributed by atoms with Crippen LogP contribution in [0.2, 0.25) is 0 Å². The Bertz CT molecular complexity index is 994. The second kappa shape index (κ2) is 7.53. The van der Waals surface area contributed by atoms with Gasteiger partial charge in [-0.05, 0) is 39.8 Å². The quantitative estimate of drug-likeness (QED) is 0.694. The summed E-state index contributed by atoms with van der Waals surface area (Å²) in [6.45, 7) is 7.15. The Morgan fingerprint density at radius 2 is 1.89 bits per heavy atom.